The second-order valence-electron chi connectivity index (χ2n) is 6.33. The number of rotatable bonds is 4. The molecule has 1 aromatic heterocycles. The van der Waals surface area contributed by atoms with E-state index in [9.17, 15) is 9.90 Å². The molecule has 4 nitrogen and oxygen atoms in total. The van der Waals surface area contributed by atoms with Crippen LogP contribution in [0.2, 0.25) is 0 Å². The molecule has 0 fully saturated rings. The summed E-state index contributed by atoms with van der Waals surface area (Å²) in [5.74, 6) is -0.367. The fourth-order valence-electron chi connectivity index (χ4n) is 2.37. The Morgan fingerprint density at radius 3 is 2.64 bits per heavy atom. The van der Waals surface area contributed by atoms with Crippen LogP contribution in [-0.4, -0.2) is 29.3 Å². The summed E-state index contributed by atoms with van der Waals surface area (Å²) < 4.78 is 5.31. The van der Waals surface area contributed by atoms with Gasteiger partial charge in [-0.3, -0.25) is 0 Å². The highest BCUT2D eigenvalue weighted by atomic mass is 16.5. The minimum Gasteiger partial charge on any atom is -0.461 e. The highest BCUT2D eigenvalue weighted by Gasteiger charge is 2.20. The largest absolute Gasteiger partial charge is 0.461 e. The lowest BCUT2D eigenvalue weighted by molar-refractivity contribution is 0.0219. The van der Waals surface area contributed by atoms with Gasteiger partial charge >= 0.3 is 5.97 Å². The first kappa shape index (κ1) is 14.6. The molecule has 0 saturated heterocycles. The second kappa shape index (κ2) is 5.46. The smallest absolute Gasteiger partial charge is 0.338 e. The number of ether oxygens (including phenoxy) is 1. The molecular weight excluding hydrogens is 278 g/mol. The first-order chi connectivity index (χ1) is 10.5. The Kier molecular flexibility index (Phi) is 3.62. The molecule has 3 aromatic rings. The number of para-hydroxylation sites is 1. The molecule has 114 valence electrons. The zero-order valence-corrected chi connectivity index (χ0v) is 12.7. The minimum atomic E-state index is -0.430. The summed E-state index contributed by atoms with van der Waals surface area (Å²) in [5.41, 5.74) is 2.13. The van der Waals surface area contributed by atoms with Gasteiger partial charge in [0.15, 0.2) is 0 Å². The van der Waals surface area contributed by atoms with Crippen LogP contribution in [0.4, 0.5) is 0 Å². The highest BCUT2D eigenvalue weighted by Crippen LogP contribution is 2.26. The van der Waals surface area contributed by atoms with E-state index >= 15 is 0 Å². The van der Waals surface area contributed by atoms with Crippen molar-refractivity contribution in [1.29, 1.82) is 0 Å². The molecule has 0 bridgehead atoms. The molecule has 2 aromatic carbocycles. The third-order valence-corrected chi connectivity index (χ3v) is 3.76. The third kappa shape index (κ3) is 2.70. The number of aromatic amines is 1. The topological polar surface area (TPSA) is 62.3 Å². The number of carbonyl (C=O) groups excluding carboxylic acids is 1. The van der Waals surface area contributed by atoms with E-state index in [1.807, 2.05) is 50.2 Å². The standard InChI is InChI=1S/C18H19NO3/c1-18(2,10-20)11-22-17(21)12-7-8-16-14(9-12)13-5-3-4-6-15(13)19-16/h3-9,19-20H,10-11H2,1-2H3. The summed E-state index contributed by atoms with van der Waals surface area (Å²) in [6, 6.07) is 13.5. The van der Waals surface area contributed by atoms with Crippen LogP contribution < -0.4 is 0 Å². The number of carbonyl (C=O) groups is 1. The number of hydrogen-bond acceptors (Lipinski definition) is 3. The molecule has 0 unspecified atom stereocenters. The maximum absolute atomic E-state index is 12.2. The molecular formula is C18H19NO3. The molecule has 3 rings (SSSR count). The van der Waals surface area contributed by atoms with Crippen LogP contribution >= 0.6 is 0 Å². The molecule has 1 heterocycles. The Balaban J connectivity index is 1.91. The SMILES string of the molecule is CC(C)(CO)COC(=O)c1ccc2[nH]c3ccccc3c2c1. The molecule has 4 heteroatoms. The predicted octanol–water partition coefficient (Wildman–Crippen LogP) is 3.50. The van der Waals surface area contributed by atoms with Gasteiger partial charge in [-0.2, -0.15) is 0 Å². The summed E-state index contributed by atoms with van der Waals surface area (Å²) in [6.45, 7) is 3.86. The van der Waals surface area contributed by atoms with E-state index in [-0.39, 0.29) is 19.2 Å². The Hall–Kier alpha value is -2.33. The van der Waals surface area contributed by atoms with Crippen LogP contribution in [0, 0.1) is 5.41 Å². The van der Waals surface area contributed by atoms with Crippen molar-refractivity contribution in [1.82, 2.24) is 4.98 Å². The summed E-state index contributed by atoms with van der Waals surface area (Å²) in [5, 5.41) is 11.3. The van der Waals surface area contributed by atoms with Crippen LogP contribution in [0.1, 0.15) is 24.2 Å². The molecule has 0 saturated carbocycles. The van der Waals surface area contributed by atoms with Gasteiger partial charge in [-0.05, 0) is 24.3 Å². The van der Waals surface area contributed by atoms with Gasteiger partial charge in [-0.1, -0.05) is 32.0 Å². The van der Waals surface area contributed by atoms with Gasteiger partial charge in [0.1, 0.15) is 0 Å². The Morgan fingerprint density at radius 1 is 1.14 bits per heavy atom. The number of fused-ring (bicyclic) bond motifs is 3. The average Bonchev–Trinajstić information content (AvgIpc) is 2.90. The number of nitrogens with one attached hydrogen (secondary N) is 1. The van der Waals surface area contributed by atoms with Gasteiger partial charge in [0.2, 0.25) is 0 Å². The van der Waals surface area contributed by atoms with E-state index in [2.05, 4.69) is 4.98 Å². The normalized spacial score (nSPS) is 12.0. The zero-order chi connectivity index (χ0) is 15.7. The average molecular weight is 297 g/mol. The van der Waals surface area contributed by atoms with Crippen molar-refractivity contribution in [3.8, 4) is 0 Å². The Bertz CT molecular complexity index is 833. The number of aliphatic hydroxyl groups excluding tert-OH is 1. The molecule has 0 aliphatic carbocycles. The summed E-state index contributed by atoms with van der Waals surface area (Å²) in [4.78, 5) is 15.5. The summed E-state index contributed by atoms with van der Waals surface area (Å²) in [6.07, 6.45) is 0. The molecule has 0 spiro atoms. The van der Waals surface area contributed by atoms with Crippen molar-refractivity contribution in [2.45, 2.75) is 13.8 Å². The van der Waals surface area contributed by atoms with E-state index in [1.54, 1.807) is 6.07 Å². The van der Waals surface area contributed by atoms with Crippen molar-refractivity contribution in [2.75, 3.05) is 13.2 Å². The van der Waals surface area contributed by atoms with E-state index in [0.717, 1.165) is 21.8 Å². The predicted molar refractivity (Wildman–Crippen MR) is 87.0 cm³/mol. The van der Waals surface area contributed by atoms with Crippen LogP contribution in [0.25, 0.3) is 21.8 Å². The van der Waals surface area contributed by atoms with Crippen molar-refractivity contribution in [2.24, 2.45) is 5.41 Å². The summed E-state index contributed by atoms with van der Waals surface area (Å²) in [7, 11) is 0. The van der Waals surface area contributed by atoms with Crippen LogP contribution in [-0.2, 0) is 4.74 Å². The van der Waals surface area contributed by atoms with Gasteiger partial charge in [-0.15, -0.1) is 0 Å². The number of hydrogen-bond donors (Lipinski definition) is 2. The fourth-order valence-corrected chi connectivity index (χ4v) is 2.37. The van der Waals surface area contributed by atoms with E-state index in [0.29, 0.717) is 5.56 Å². The Morgan fingerprint density at radius 2 is 1.86 bits per heavy atom. The Labute approximate surface area is 128 Å². The maximum atomic E-state index is 12.2. The van der Waals surface area contributed by atoms with Gasteiger partial charge in [0.25, 0.3) is 0 Å². The van der Waals surface area contributed by atoms with Gasteiger partial charge in [-0.25, -0.2) is 4.79 Å². The zero-order valence-electron chi connectivity index (χ0n) is 12.7. The monoisotopic (exact) mass is 297 g/mol. The van der Waals surface area contributed by atoms with E-state index in [4.69, 9.17) is 4.74 Å². The first-order valence-corrected chi connectivity index (χ1v) is 7.29. The number of esters is 1. The van der Waals surface area contributed by atoms with E-state index < -0.39 is 5.41 Å². The van der Waals surface area contributed by atoms with E-state index in [1.165, 1.54) is 0 Å². The maximum Gasteiger partial charge on any atom is 0.338 e. The number of benzene rings is 2. The molecule has 0 aliphatic heterocycles. The lowest BCUT2D eigenvalue weighted by Gasteiger charge is -2.20. The van der Waals surface area contributed by atoms with Crippen molar-refractivity contribution in [3.05, 3.63) is 48.0 Å². The van der Waals surface area contributed by atoms with Gasteiger partial charge in [0, 0.05) is 27.2 Å². The lowest BCUT2D eigenvalue weighted by Crippen LogP contribution is -2.25. The quantitative estimate of drug-likeness (QED) is 0.725. The third-order valence-electron chi connectivity index (χ3n) is 3.76. The minimum absolute atomic E-state index is 0.0260. The van der Waals surface area contributed by atoms with Gasteiger partial charge in [0.05, 0.1) is 18.8 Å². The molecule has 22 heavy (non-hydrogen) atoms. The fraction of sp³-hybridized carbons (Fsp3) is 0.278. The molecule has 0 amide bonds. The highest BCUT2D eigenvalue weighted by molar-refractivity contribution is 6.09. The molecule has 0 aliphatic rings. The van der Waals surface area contributed by atoms with Gasteiger partial charge < -0.3 is 14.8 Å². The van der Waals surface area contributed by atoms with Crippen LogP contribution in [0.3, 0.4) is 0 Å². The van der Waals surface area contributed by atoms with Crippen molar-refractivity contribution in [3.63, 3.8) is 0 Å². The number of H-pyrrole nitrogens is 1. The van der Waals surface area contributed by atoms with Crippen molar-refractivity contribution < 1.29 is 14.6 Å². The van der Waals surface area contributed by atoms with Crippen LogP contribution in [0.5, 0.6) is 0 Å². The molecule has 2 N–H and O–H groups in total. The van der Waals surface area contributed by atoms with Crippen molar-refractivity contribution >= 4 is 27.8 Å². The molecule has 0 atom stereocenters. The number of aliphatic hydroxyl groups is 1. The molecule has 0 radical (unpaired) electrons. The van der Waals surface area contributed by atoms with Crippen LogP contribution in [0.15, 0.2) is 42.5 Å². The summed E-state index contributed by atoms with van der Waals surface area (Å²) >= 11 is 0. The first-order valence-electron chi connectivity index (χ1n) is 7.29. The number of aromatic nitrogens is 1. The lowest BCUT2D eigenvalue weighted by atomic mass is 9.96. The second-order valence-corrected chi connectivity index (χ2v) is 6.33.